The third kappa shape index (κ3) is 22.2. The van der Waals surface area contributed by atoms with Gasteiger partial charge >= 0.3 is 0 Å². The van der Waals surface area contributed by atoms with Crippen molar-refractivity contribution < 1.29 is 14.4 Å². The van der Waals surface area contributed by atoms with Crippen molar-refractivity contribution in [1.29, 1.82) is 5.26 Å². The average molecular weight is 1490 g/mol. The van der Waals surface area contributed by atoms with Crippen LogP contribution in [-0.4, -0.2) is 52.5 Å². The first-order valence-corrected chi connectivity index (χ1v) is 26.3. The Balaban J connectivity index is 0.000000224. The number of nitriles is 1. The zero-order valence-corrected chi connectivity index (χ0v) is 48.9. The molecule has 2 aromatic heterocycles. The number of hydrogen-bond acceptors (Lipinski definition) is 14. The highest BCUT2D eigenvalue weighted by atomic mass is 127. The maximum absolute atomic E-state index is 12.6. The molecule has 15 N–H and O–H groups in total. The van der Waals surface area contributed by atoms with Crippen LogP contribution in [0.5, 0.6) is 0 Å². The molecule has 76 heavy (non-hydrogen) atoms. The lowest BCUT2D eigenvalue weighted by Gasteiger charge is -2.07. The predicted octanol–water partition coefficient (Wildman–Crippen LogP) is 9.67. The maximum Gasteiger partial charge on any atom is 0.258 e. The third-order valence-corrected chi connectivity index (χ3v) is 12.1. The van der Waals surface area contributed by atoms with E-state index in [2.05, 4.69) is 132 Å². The first-order chi connectivity index (χ1) is 36.5. The van der Waals surface area contributed by atoms with Crippen LogP contribution in [0.3, 0.4) is 0 Å². The van der Waals surface area contributed by atoms with Gasteiger partial charge in [-0.15, -0.1) is 15.2 Å². The van der Waals surface area contributed by atoms with Crippen molar-refractivity contribution in [3.05, 3.63) is 219 Å². The lowest BCUT2D eigenvalue weighted by Crippen LogP contribution is -2.21. The summed E-state index contributed by atoms with van der Waals surface area (Å²) in [4.78, 5) is 46.5. The quantitative estimate of drug-likeness (QED) is 0.00999. The number of nitrogens with zero attached hydrogens (tertiary/aromatic N) is 8. The Morgan fingerprint density at radius 2 is 0.947 bits per heavy atom. The standard InChI is InChI=1S/C22H16IN5O2.C8H8IN5.C7H5ClO.C6H7IN2.C6H6IN.C2H4N4/c23-17-11-13-18(14-12-17)28-22(25-20(30)16-9-5-2-6-10-16)26-21(27-28)24-19(29)15-7-3-1-4-8-15;9-5-1-3-6(4-2-5)14-8(11)12-7(10)13-14;8-7(9)6-4-2-1-3-5-6;7-5-1-3-6(9-8)4-2-5;7-5-1-3-6(8)4-2-5;3-1-6-2(4)5/h1-14H,(H2,24,25,26,27,29,30);1-4H,(H4,10,11,12,13);1-5H;1-4,9H,8H2;1-4H,8H2;(H4,4,5,6). The van der Waals surface area contributed by atoms with E-state index in [1.54, 1.807) is 72.8 Å². The number of benzene rings is 7. The first-order valence-electron chi connectivity index (χ1n) is 21.6. The van der Waals surface area contributed by atoms with E-state index in [1.165, 1.54) is 22.7 Å². The molecular formula is C51H46ClI4N17O3. The molecule has 0 aliphatic rings. The van der Waals surface area contributed by atoms with Crippen molar-refractivity contribution in [3.8, 4) is 17.6 Å². The summed E-state index contributed by atoms with van der Waals surface area (Å²) < 4.78 is 7.63. The van der Waals surface area contributed by atoms with Crippen LogP contribution in [0.4, 0.5) is 35.2 Å². The van der Waals surface area contributed by atoms with Crippen molar-refractivity contribution in [3.63, 3.8) is 0 Å². The van der Waals surface area contributed by atoms with E-state index >= 15 is 0 Å². The van der Waals surface area contributed by atoms with E-state index in [0.717, 1.165) is 24.2 Å². The number of aromatic nitrogens is 6. The molecule has 2 heterocycles. The van der Waals surface area contributed by atoms with Crippen molar-refractivity contribution in [2.24, 2.45) is 22.3 Å². The molecule has 20 nitrogen and oxygen atoms in total. The number of hydrazine groups is 1. The Morgan fingerprint density at radius 3 is 1.30 bits per heavy atom. The number of anilines is 6. The number of rotatable bonds is 8. The average Bonchev–Trinajstić information content (AvgIpc) is 3.99. The monoisotopic (exact) mass is 1490 g/mol. The molecule has 0 radical (unpaired) electrons. The lowest BCUT2D eigenvalue weighted by molar-refractivity contribution is 0.101. The molecule has 0 unspecified atom stereocenters. The Hall–Kier alpha value is -7.44. The first kappa shape index (κ1) is 61.1. The van der Waals surface area contributed by atoms with Gasteiger partial charge in [0.05, 0.1) is 11.4 Å². The minimum Gasteiger partial charge on any atom is -0.399 e. The summed E-state index contributed by atoms with van der Waals surface area (Å²) in [7, 11) is 0. The van der Waals surface area contributed by atoms with Crippen molar-refractivity contribution in [2.45, 2.75) is 0 Å². The van der Waals surface area contributed by atoms with Crippen molar-refractivity contribution in [1.82, 2.24) is 29.5 Å². The van der Waals surface area contributed by atoms with Gasteiger partial charge in [-0.1, -0.05) is 66.7 Å². The van der Waals surface area contributed by atoms with Crippen LogP contribution in [0.25, 0.3) is 11.4 Å². The Morgan fingerprint density at radius 1 is 0.539 bits per heavy atom. The highest BCUT2D eigenvalue weighted by Gasteiger charge is 2.18. The summed E-state index contributed by atoms with van der Waals surface area (Å²) in [5.41, 5.74) is 33.3. The van der Waals surface area contributed by atoms with Gasteiger partial charge in [0.1, 0.15) is 0 Å². The fourth-order valence-electron chi connectivity index (χ4n) is 5.48. The SMILES string of the molecule is N#CN=C(N)N.NNc1ccc(I)cc1.Nc1ccc(I)cc1.Nc1nc(N)n(-c2ccc(I)cc2)n1.O=C(Cl)c1ccccc1.O=C(Nc1nc(NC(=O)c2ccccc2)n(-c2ccc(I)cc2)n1)c1ccccc1. The minimum atomic E-state index is -0.407. The number of hydrogen-bond donors (Lipinski definition) is 9. The summed E-state index contributed by atoms with van der Waals surface area (Å²) in [6.07, 6.45) is 1.41. The van der Waals surface area contributed by atoms with Crippen LogP contribution in [0.1, 0.15) is 31.1 Å². The molecule has 2 amide bonds. The lowest BCUT2D eigenvalue weighted by atomic mass is 10.2. The number of nitrogens with one attached hydrogen (secondary N) is 3. The fraction of sp³-hybridized carbons (Fsp3) is 0. The smallest absolute Gasteiger partial charge is 0.258 e. The third-order valence-electron chi connectivity index (χ3n) is 8.98. The fourth-order valence-corrected chi connectivity index (χ4v) is 7.05. The number of nitrogens with two attached hydrogens (primary N) is 6. The number of amides is 2. The molecule has 9 rings (SSSR count). The zero-order chi connectivity index (χ0) is 55.4. The molecule has 0 saturated heterocycles. The largest absolute Gasteiger partial charge is 0.399 e. The second-order valence-electron chi connectivity index (χ2n) is 14.5. The summed E-state index contributed by atoms with van der Waals surface area (Å²) in [6.45, 7) is 0. The predicted molar refractivity (Wildman–Crippen MR) is 334 cm³/mol. The Bertz CT molecular complexity index is 3270. The van der Waals surface area contributed by atoms with Crippen LogP contribution in [0.2, 0.25) is 0 Å². The van der Waals surface area contributed by atoms with Crippen LogP contribution in [0, 0.1) is 25.7 Å². The molecule has 0 saturated carbocycles. The highest BCUT2D eigenvalue weighted by Crippen LogP contribution is 2.20. The van der Waals surface area contributed by atoms with Gasteiger partial charge in [0, 0.05) is 42.3 Å². The molecule has 7 aromatic carbocycles. The Kier molecular flexibility index (Phi) is 26.4. The van der Waals surface area contributed by atoms with Gasteiger partial charge in [-0.25, -0.2) is 0 Å². The van der Waals surface area contributed by atoms with Gasteiger partial charge in [0.25, 0.3) is 23.0 Å². The number of halogens is 5. The maximum atomic E-state index is 12.6. The number of carbonyl (C=O) groups excluding carboxylic acids is 3. The molecule has 0 bridgehead atoms. The highest BCUT2D eigenvalue weighted by molar-refractivity contribution is 14.1. The van der Waals surface area contributed by atoms with Crippen molar-refractivity contribution in [2.75, 3.05) is 33.3 Å². The molecule has 0 aliphatic heterocycles. The van der Waals surface area contributed by atoms with Gasteiger partial charge in [-0.3, -0.25) is 30.9 Å². The van der Waals surface area contributed by atoms with Gasteiger partial charge in [-0.05, 0) is 223 Å². The van der Waals surface area contributed by atoms with E-state index in [-0.39, 0.29) is 35.6 Å². The van der Waals surface area contributed by atoms with Crippen molar-refractivity contribution >= 4 is 160 Å². The number of aliphatic imine (C=N–C) groups is 1. The number of guanidine groups is 1. The minimum absolute atomic E-state index is 0.0887. The van der Waals surface area contributed by atoms with E-state index in [0.29, 0.717) is 28.3 Å². The van der Waals surface area contributed by atoms with Gasteiger partial charge in [-0.2, -0.15) is 24.6 Å². The van der Waals surface area contributed by atoms with Crippen LogP contribution < -0.4 is 50.6 Å². The summed E-state index contributed by atoms with van der Waals surface area (Å²) in [6, 6.07) is 57.2. The molecule has 0 aliphatic carbocycles. The van der Waals surface area contributed by atoms with E-state index < -0.39 is 5.24 Å². The summed E-state index contributed by atoms with van der Waals surface area (Å²) in [5.74, 6) is 5.06. The van der Waals surface area contributed by atoms with Crippen LogP contribution >= 0.6 is 102 Å². The second kappa shape index (κ2) is 32.8. The van der Waals surface area contributed by atoms with Crippen LogP contribution in [-0.2, 0) is 0 Å². The topological polar surface area (TPSA) is 341 Å². The molecule has 0 atom stereocenters. The van der Waals surface area contributed by atoms with Gasteiger partial charge in [0.15, 0.2) is 0 Å². The molecule has 388 valence electrons. The summed E-state index contributed by atoms with van der Waals surface area (Å²) >= 11 is 14.1. The van der Waals surface area contributed by atoms with Gasteiger partial charge in [0.2, 0.25) is 30.0 Å². The second-order valence-corrected chi connectivity index (χ2v) is 19.8. The summed E-state index contributed by atoms with van der Waals surface area (Å²) in [5, 5.41) is 21.0. The number of carbonyl (C=O) groups is 3. The van der Waals surface area contributed by atoms with Crippen LogP contribution in [0.15, 0.2) is 193 Å². The molecular weight excluding hydrogens is 1440 g/mol. The molecule has 0 fully saturated rings. The number of nitrogen functional groups attached to an aromatic ring is 4. The zero-order valence-electron chi connectivity index (χ0n) is 39.6. The molecule has 0 spiro atoms. The van der Waals surface area contributed by atoms with E-state index in [1.807, 2.05) is 115 Å². The van der Waals surface area contributed by atoms with Gasteiger partial charge < -0.3 is 34.1 Å². The molecule has 25 heteroatoms. The Labute approximate surface area is 496 Å². The van der Waals surface area contributed by atoms with E-state index in [4.69, 9.17) is 51.4 Å². The normalized spacial score (nSPS) is 9.59. The molecule has 9 aromatic rings. The van der Waals surface area contributed by atoms with E-state index in [9.17, 15) is 14.4 Å².